The van der Waals surface area contributed by atoms with Gasteiger partial charge in [-0.25, -0.2) is 9.97 Å². The number of rotatable bonds is 3. The third kappa shape index (κ3) is 1.39. The number of nitrogen functional groups attached to an aromatic ring is 1. The summed E-state index contributed by atoms with van der Waals surface area (Å²) in [5, 5.41) is 0. The Morgan fingerprint density at radius 1 is 1.28 bits per heavy atom. The second-order valence-corrected chi connectivity index (χ2v) is 5.45. The van der Waals surface area contributed by atoms with Gasteiger partial charge in [0.05, 0.1) is 18.2 Å². The average Bonchev–Trinajstić information content (AvgIpc) is 3.28. The van der Waals surface area contributed by atoms with Gasteiger partial charge < -0.3 is 14.9 Å². The Balaban J connectivity index is 1.83. The Labute approximate surface area is 106 Å². The van der Waals surface area contributed by atoms with Crippen LogP contribution in [-0.2, 0) is 7.05 Å². The van der Waals surface area contributed by atoms with Crippen molar-refractivity contribution in [1.29, 1.82) is 0 Å². The Morgan fingerprint density at radius 2 is 2.06 bits per heavy atom. The van der Waals surface area contributed by atoms with E-state index in [9.17, 15) is 0 Å². The van der Waals surface area contributed by atoms with E-state index in [1.54, 1.807) is 0 Å². The van der Waals surface area contributed by atoms with Crippen molar-refractivity contribution in [2.24, 2.45) is 7.05 Å². The molecule has 2 N–H and O–H groups in total. The number of aromatic nitrogens is 4. The van der Waals surface area contributed by atoms with Crippen molar-refractivity contribution in [2.45, 2.75) is 37.6 Å². The molecule has 0 spiro atoms. The van der Waals surface area contributed by atoms with Gasteiger partial charge in [0.25, 0.3) is 0 Å². The second-order valence-electron chi connectivity index (χ2n) is 5.45. The lowest BCUT2D eigenvalue weighted by Crippen LogP contribution is -2.01. The van der Waals surface area contributed by atoms with Crippen LogP contribution < -0.4 is 5.73 Å². The van der Waals surface area contributed by atoms with Crippen molar-refractivity contribution in [2.75, 3.05) is 5.73 Å². The lowest BCUT2D eigenvalue weighted by molar-refractivity contribution is 0.746. The SMILES string of the molecule is Cn1c(C2CC2)nc(-c2cncn2C2CC2)c1N. The fourth-order valence-corrected chi connectivity index (χ4v) is 2.56. The highest BCUT2D eigenvalue weighted by Gasteiger charge is 2.32. The molecule has 0 amide bonds. The van der Waals surface area contributed by atoms with Gasteiger partial charge in [0.1, 0.15) is 17.3 Å². The molecule has 94 valence electrons. The van der Waals surface area contributed by atoms with E-state index < -0.39 is 0 Å². The van der Waals surface area contributed by atoms with E-state index in [2.05, 4.69) is 9.55 Å². The molecule has 0 aromatic carbocycles. The zero-order chi connectivity index (χ0) is 12.3. The van der Waals surface area contributed by atoms with Crippen LogP contribution in [0.15, 0.2) is 12.5 Å². The van der Waals surface area contributed by atoms with Crippen LogP contribution in [0.2, 0.25) is 0 Å². The molecular formula is C13H17N5. The molecule has 5 nitrogen and oxygen atoms in total. The molecule has 2 aliphatic carbocycles. The molecular weight excluding hydrogens is 226 g/mol. The predicted octanol–water partition coefficient (Wildman–Crippen LogP) is 2.08. The summed E-state index contributed by atoms with van der Waals surface area (Å²) in [5.74, 6) is 2.51. The standard InChI is InChI=1S/C13H17N5/c1-17-12(14)11(16-13(17)8-2-3-8)10-6-15-7-18(10)9-4-5-9/h6-9H,2-5,14H2,1H3. The Kier molecular flexibility index (Phi) is 1.90. The summed E-state index contributed by atoms with van der Waals surface area (Å²) < 4.78 is 4.26. The maximum atomic E-state index is 6.21. The molecule has 0 unspecified atom stereocenters. The van der Waals surface area contributed by atoms with Gasteiger partial charge in [0.2, 0.25) is 0 Å². The van der Waals surface area contributed by atoms with E-state index in [4.69, 9.17) is 10.7 Å². The second kappa shape index (κ2) is 3.37. The van der Waals surface area contributed by atoms with Gasteiger partial charge in [0, 0.05) is 19.0 Å². The van der Waals surface area contributed by atoms with Crippen molar-refractivity contribution in [3.8, 4) is 11.4 Å². The van der Waals surface area contributed by atoms with Gasteiger partial charge in [-0.05, 0) is 25.7 Å². The summed E-state index contributed by atoms with van der Waals surface area (Å²) in [6.07, 6.45) is 8.75. The normalized spacial score (nSPS) is 19.4. The molecule has 2 aromatic heterocycles. The molecule has 18 heavy (non-hydrogen) atoms. The van der Waals surface area contributed by atoms with E-state index in [0.717, 1.165) is 23.0 Å². The number of hydrogen-bond donors (Lipinski definition) is 1. The first-order chi connectivity index (χ1) is 8.75. The van der Waals surface area contributed by atoms with Crippen LogP contribution in [0, 0.1) is 0 Å². The van der Waals surface area contributed by atoms with Gasteiger partial charge in [-0.3, -0.25) is 0 Å². The Hall–Kier alpha value is -1.78. The lowest BCUT2D eigenvalue weighted by atomic mass is 10.3. The first-order valence-corrected chi connectivity index (χ1v) is 6.60. The van der Waals surface area contributed by atoms with Gasteiger partial charge in [0.15, 0.2) is 0 Å². The van der Waals surface area contributed by atoms with E-state index in [1.807, 2.05) is 24.1 Å². The van der Waals surface area contributed by atoms with Gasteiger partial charge in [-0.15, -0.1) is 0 Å². The Morgan fingerprint density at radius 3 is 2.72 bits per heavy atom. The van der Waals surface area contributed by atoms with Crippen LogP contribution >= 0.6 is 0 Å². The van der Waals surface area contributed by atoms with E-state index >= 15 is 0 Å². The summed E-state index contributed by atoms with van der Waals surface area (Å²) >= 11 is 0. The van der Waals surface area contributed by atoms with Crippen molar-refractivity contribution >= 4 is 5.82 Å². The van der Waals surface area contributed by atoms with Gasteiger partial charge >= 0.3 is 0 Å². The molecule has 0 aliphatic heterocycles. The van der Waals surface area contributed by atoms with E-state index in [0.29, 0.717) is 12.0 Å². The molecule has 0 atom stereocenters. The van der Waals surface area contributed by atoms with Crippen LogP contribution in [0.25, 0.3) is 11.4 Å². The number of anilines is 1. The highest BCUT2D eigenvalue weighted by atomic mass is 15.2. The molecule has 0 bridgehead atoms. The minimum absolute atomic E-state index is 0.605. The van der Waals surface area contributed by atoms with Crippen LogP contribution in [0.1, 0.15) is 43.5 Å². The molecule has 2 fully saturated rings. The highest BCUT2D eigenvalue weighted by molar-refractivity contribution is 5.68. The van der Waals surface area contributed by atoms with Crippen molar-refractivity contribution in [3.63, 3.8) is 0 Å². The van der Waals surface area contributed by atoms with Crippen LogP contribution in [0.3, 0.4) is 0 Å². The fourth-order valence-electron chi connectivity index (χ4n) is 2.56. The number of imidazole rings is 2. The van der Waals surface area contributed by atoms with Crippen LogP contribution in [-0.4, -0.2) is 19.1 Å². The van der Waals surface area contributed by atoms with Crippen LogP contribution in [0.5, 0.6) is 0 Å². The Bertz CT molecular complexity index is 601. The highest BCUT2D eigenvalue weighted by Crippen LogP contribution is 2.43. The average molecular weight is 243 g/mol. The molecule has 0 radical (unpaired) electrons. The number of nitrogens with two attached hydrogens (primary N) is 1. The smallest absolute Gasteiger partial charge is 0.133 e. The molecule has 2 aliphatic rings. The summed E-state index contributed by atoms with van der Waals surface area (Å²) in [6.45, 7) is 0. The summed E-state index contributed by atoms with van der Waals surface area (Å²) in [4.78, 5) is 9.02. The molecule has 5 heteroatoms. The van der Waals surface area contributed by atoms with Crippen LogP contribution in [0.4, 0.5) is 5.82 Å². The third-order valence-corrected chi connectivity index (χ3v) is 3.97. The topological polar surface area (TPSA) is 61.7 Å². The first kappa shape index (κ1) is 10.2. The van der Waals surface area contributed by atoms with Crippen molar-refractivity contribution in [3.05, 3.63) is 18.3 Å². The quantitative estimate of drug-likeness (QED) is 0.897. The minimum atomic E-state index is 0.605. The maximum absolute atomic E-state index is 6.21. The van der Waals surface area contributed by atoms with E-state index in [-0.39, 0.29) is 0 Å². The summed E-state index contributed by atoms with van der Waals surface area (Å²) in [6, 6.07) is 0.605. The number of nitrogens with zero attached hydrogens (tertiary/aromatic N) is 4. The molecule has 2 aromatic rings. The lowest BCUT2D eigenvalue weighted by Gasteiger charge is -2.04. The number of hydrogen-bond acceptors (Lipinski definition) is 3. The van der Waals surface area contributed by atoms with E-state index in [1.165, 1.54) is 25.7 Å². The predicted molar refractivity (Wildman–Crippen MR) is 69.1 cm³/mol. The molecule has 0 saturated heterocycles. The monoisotopic (exact) mass is 243 g/mol. The maximum Gasteiger partial charge on any atom is 0.133 e. The van der Waals surface area contributed by atoms with Gasteiger partial charge in [-0.2, -0.15) is 0 Å². The molecule has 2 heterocycles. The minimum Gasteiger partial charge on any atom is -0.383 e. The molecule has 2 saturated carbocycles. The van der Waals surface area contributed by atoms with Crippen molar-refractivity contribution in [1.82, 2.24) is 19.1 Å². The summed E-state index contributed by atoms with van der Waals surface area (Å²) in [5.41, 5.74) is 8.18. The zero-order valence-corrected chi connectivity index (χ0v) is 10.5. The molecule has 4 rings (SSSR count). The fraction of sp³-hybridized carbons (Fsp3) is 0.538. The zero-order valence-electron chi connectivity index (χ0n) is 10.5. The summed E-state index contributed by atoms with van der Waals surface area (Å²) in [7, 11) is 2.01. The third-order valence-electron chi connectivity index (χ3n) is 3.97. The van der Waals surface area contributed by atoms with Gasteiger partial charge in [-0.1, -0.05) is 0 Å². The van der Waals surface area contributed by atoms with Crippen molar-refractivity contribution < 1.29 is 0 Å². The largest absolute Gasteiger partial charge is 0.383 e. The first-order valence-electron chi connectivity index (χ1n) is 6.60.